The minimum atomic E-state index is -0.389. The number of nitrogens with zero attached hydrogens (tertiary/aromatic N) is 2. The van der Waals surface area contributed by atoms with Crippen LogP contribution in [0.5, 0.6) is 11.8 Å². The van der Waals surface area contributed by atoms with E-state index in [0.29, 0.717) is 15.6 Å². The van der Waals surface area contributed by atoms with Crippen LogP contribution in [0.2, 0.25) is 0 Å². The highest BCUT2D eigenvalue weighted by molar-refractivity contribution is 9.10. The fourth-order valence-electron chi connectivity index (χ4n) is 1.11. The van der Waals surface area contributed by atoms with Crippen LogP contribution in [-0.2, 0) is 5.33 Å². The van der Waals surface area contributed by atoms with Crippen molar-refractivity contribution in [2.45, 2.75) is 5.33 Å². The van der Waals surface area contributed by atoms with E-state index in [1.165, 1.54) is 6.07 Å². The summed E-state index contributed by atoms with van der Waals surface area (Å²) >= 11 is 6.36. The van der Waals surface area contributed by atoms with Gasteiger partial charge in [-0.05, 0) is 33.6 Å². The van der Waals surface area contributed by atoms with Crippen LogP contribution in [0.4, 0.5) is 4.39 Å². The third-order valence-electron chi connectivity index (χ3n) is 1.94. The van der Waals surface area contributed by atoms with Crippen LogP contribution in [0.15, 0.2) is 35.1 Å². The Morgan fingerprint density at radius 1 is 1.24 bits per heavy atom. The van der Waals surface area contributed by atoms with Gasteiger partial charge in [0.2, 0.25) is 0 Å². The summed E-state index contributed by atoms with van der Waals surface area (Å²) in [7, 11) is 0. The van der Waals surface area contributed by atoms with Gasteiger partial charge in [-0.15, -0.1) is 0 Å². The molecule has 17 heavy (non-hydrogen) atoms. The van der Waals surface area contributed by atoms with E-state index in [4.69, 9.17) is 4.74 Å². The lowest BCUT2D eigenvalue weighted by molar-refractivity contribution is 0.437. The SMILES string of the molecule is Fc1cc(Oc2ncc(CBr)cn2)ccc1Br. The largest absolute Gasteiger partial charge is 0.424 e. The lowest BCUT2D eigenvalue weighted by Gasteiger charge is -2.04. The van der Waals surface area contributed by atoms with E-state index in [1.807, 2.05) is 0 Å². The first-order valence-corrected chi connectivity index (χ1v) is 6.60. The van der Waals surface area contributed by atoms with Gasteiger partial charge in [-0.25, -0.2) is 14.4 Å². The predicted octanol–water partition coefficient (Wildman–Crippen LogP) is 4.07. The second-order valence-electron chi connectivity index (χ2n) is 3.19. The Kier molecular flexibility index (Phi) is 4.06. The number of halogens is 3. The molecule has 6 heteroatoms. The molecule has 0 unspecified atom stereocenters. The van der Waals surface area contributed by atoms with E-state index < -0.39 is 0 Å². The van der Waals surface area contributed by atoms with Crippen LogP contribution in [0.25, 0.3) is 0 Å². The van der Waals surface area contributed by atoms with E-state index >= 15 is 0 Å². The van der Waals surface area contributed by atoms with Crippen LogP contribution in [0.1, 0.15) is 5.56 Å². The number of benzene rings is 1. The molecule has 0 aliphatic heterocycles. The Morgan fingerprint density at radius 3 is 2.53 bits per heavy atom. The Hall–Kier alpha value is -1.01. The van der Waals surface area contributed by atoms with Gasteiger partial charge in [0.05, 0.1) is 4.47 Å². The van der Waals surface area contributed by atoms with Gasteiger partial charge in [-0.1, -0.05) is 15.9 Å². The third-order valence-corrected chi connectivity index (χ3v) is 3.23. The van der Waals surface area contributed by atoms with Crippen molar-refractivity contribution >= 4 is 31.9 Å². The van der Waals surface area contributed by atoms with Crippen LogP contribution in [0.3, 0.4) is 0 Å². The maximum atomic E-state index is 13.2. The quantitative estimate of drug-likeness (QED) is 0.773. The van der Waals surface area contributed by atoms with Gasteiger partial charge in [0, 0.05) is 23.8 Å². The molecule has 0 N–H and O–H groups in total. The highest BCUT2D eigenvalue weighted by atomic mass is 79.9. The summed E-state index contributed by atoms with van der Waals surface area (Å²) in [6.45, 7) is 0. The summed E-state index contributed by atoms with van der Waals surface area (Å²) in [5.41, 5.74) is 0.944. The highest BCUT2D eigenvalue weighted by Crippen LogP contribution is 2.23. The zero-order valence-corrected chi connectivity index (χ0v) is 11.7. The molecule has 0 spiro atoms. The molecular formula is C11H7Br2FN2O. The standard InChI is InChI=1S/C11H7Br2FN2O/c12-4-7-5-15-11(16-6-7)17-8-1-2-9(13)10(14)3-8/h1-3,5-6H,4H2. The van der Waals surface area contributed by atoms with Crippen molar-refractivity contribution in [2.24, 2.45) is 0 Å². The van der Waals surface area contributed by atoms with Crippen molar-refractivity contribution in [2.75, 3.05) is 0 Å². The zero-order chi connectivity index (χ0) is 12.3. The number of alkyl halides is 1. The smallest absolute Gasteiger partial charge is 0.321 e. The number of aromatic nitrogens is 2. The molecule has 1 aromatic carbocycles. The summed E-state index contributed by atoms with van der Waals surface area (Å²) in [5.74, 6) is -0.0307. The van der Waals surface area contributed by atoms with E-state index in [-0.39, 0.29) is 11.8 Å². The van der Waals surface area contributed by atoms with E-state index in [2.05, 4.69) is 41.8 Å². The van der Waals surface area contributed by atoms with Crippen molar-refractivity contribution in [3.8, 4) is 11.8 Å². The Balaban J connectivity index is 2.16. The zero-order valence-electron chi connectivity index (χ0n) is 8.53. The van der Waals surface area contributed by atoms with Crippen LogP contribution in [0, 0.1) is 5.82 Å². The summed E-state index contributed by atoms with van der Waals surface area (Å²) < 4.78 is 18.9. The monoisotopic (exact) mass is 360 g/mol. The molecule has 0 fully saturated rings. The molecule has 1 heterocycles. The lowest BCUT2D eigenvalue weighted by atomic mass is 10.3. The van der Waals surface area contributed by atoms with Gasteiger partial charge in [-0.2, -0.15) is 0 Å². The lowest BCUT2D eigenvalue weighted by Crippen LogP contribution is -1.93. The Bertz CT molecular complexity index is 519. The van der Waals surface area contributed by atoms with Crippen molar-refractivity contribution in [1.29, 1.82) is 0 Å². The summed E-state index contributed by atoms with van der Waals surface area (Å²) in [6, 6.07) is 4.66. The molecule has 0 saturated heterocycles. The van der Waals surface area contributed by atoms with Gasteiger partial charge in [0.15, 0.2) is 0 Å². The van der Waals surface area contributed by atoms with Crippen LogP contribution in [-0.4, -0.2) is 9.97 Å². The van der Waals surface area contributed by atoms with Crippen molar-refractivity contribution in [3.05, 3.63) is 46.4 Å². The normalized spacial score (nSPS) is 10.3. The number of hydrogen-bond acceptors (Lipinski definition) is 3. The Morgan fingerprint density at radius 2 is 1.94 bits per heavy atom. The maximum Gasteiger partial charge on any atom is 0.321 e. The van der Waals surface area contributed by atoms with Crippen LogP contribution < -0.4 is 4.74 Å². The summed E-state index contributed by atoms with van der Waals surface area (Å²) in [5, 5.41) is 0.681. The van der Waals surface area contributed by atoms with Gasteiger partial charge in [-0.3, -0.25) is 0 Å². The molecule has 0 amide bonds. The van der Waals surface area contributed by atoms with Gasteiger partial charge in [0.25, 0.3) is 0 Å². The molecule has 0 atom stereocenters. The molecule has 0 aliphatic rings. The first-order chi connectivity index (χ1) is 8.19. The minimum absolute atomic E-state index is 0.191. The van der Waals surface area contributed by atoms with E-state index in [1.54, 1.807) is 24.5 Å². The molecular weight excluding hydrogens is 355 g/mol. The van der Waals surface area contributed by atoms with E-state index in [0.717, 1.165) is 5.56 Å². The molecule has 0 bridgehead atoms. The summed E-state index contributed by atoms with van der Waals surface area (Å²) in [4.78, 5) is 8.00. The predicted molar refractivity (Wildman–Crippen MR) is 68.8 cm³/mol. The van der Waals surface area contributed by atoms with Crippen LogP contribution >= 0.6 is 31.9 Å². The minimum Gasteiger partial charge on any atom is -0.424 e. The van der Waals surface area contributed by atoms with E-state index in [9.17, 15) is 4.39 Å². The molecule has 1 aromatic heterocycles. The summed E-state index contributed by atoms with van der Waals surface area (Å²) in [6.07, 6.45) is 3.29. The number of hydrogen-bond donors (Lipinski definition) is 0. The Labute approximate surface area is 114 Å². The molecule has 88 valence electrons. The molecule has 2 aromatic rings. The topological polar surface area (TPSA) is 35.0 Å². The second kappa shape index (κ2) is 5.55. The first-order valence-electron chi connectivity index (χ1n) is 4.69. The molecule has 3 nitrogen and oxygen atoms in total. The molecule has 0 saturated carbocycles. The van der Waals surface area contributed by atoms with Crippen molar-refractivity contribution in [3.63, 3.8) is 0 Å². The maximum absolute atomic E-state index is 13.2. The fourth-order valence-corrected chi connectivity index (χ4v) is 1.65. The van der Waals surface area contributed by atoms with Gasteiger partial charge >= 0.3 is 6.01 Å². The number of ether oxygens (including phenoxy) is 1. The van der Waals surface area contributed by atoms with Crippen molar-refractivity contribution in [1.82, 2.24) is 9.97 Å². The molecule has 0 aliphatic carbocycles. The fraction of sp³-hybridized carbons (Fsp3) is 0.0909. The highest BCUT2D eigenvalue weighted by Gasteiger charge is 2.04. The number of rotatable bonds is 3. The average Bonchev–Trinajstić information content (AvgIpc) is 2.35. The average molecular weight is 362 g/mol. The second-order valence-corrected chi connectivity index (χ2v) is 4.60. The third kappa shape index (κ3) is 3.23. The first kappa shape index (κ1) is 12.4. The van der Waals surface area contributed by atoms with Gasteiger partial charge in [0.1, 0.15) is 11.6 Å². The molecule has 2 rings (SSSR count). The van der Waals surface area contributed by atoms with Gasteiger partial charge < -0.3 is 4.74 Å². The van der Waals surface area contributed by atoms with Crippen molar-refractivity contribution < 1.29 is 9.13 Å². The molecule has 0 radical (unpaired) electrons.